The Morgan fingerprint density at radius 2 is 2.08 bits per heavy atom. The van der Waals surface area contributed by atoms with E-state index in [1.165, 1.54) is 4.90 Å². The fraction of sp³-hybridized carbons (Fsp3) is 0.526. The number of hydrogen-bond acceptors (Lipinski definition) is 4. The van der Waals surface area contributed by atoms with Crippen molar-refractivity contribution in [3.8, 4) is 0 Å². The van der Waals surface area contributed by atoms with Gasteiger partial charge in [-0.3, -0.25) is 19.3 Å². The smallest absolute Gasteiger partial charge is 0.261 e. The molecule has 1 N–H and O–H groups in total. The third-order valence-electron chi connectivity index (χ3n) is 4.72. The summed E-state index contributed by atoms with van der Waals surface area (Å²) in [4.78, 5) is 37.8. The van der Waals surface area contributed by atoms with Crippen LogP contribution in [0, 0.1) is 6.92 Å². The third kappa shape index (κ3) is 4.07. The SMILES string of the molecule is Cc1ccc2c(c1)C(=O)N(CCCC(=O)NCCC1CCCO1)C2=O. The Kier molecular flexibility index (Phi) is 5.48. The Morgan fingerprint density at radius 1 is 1.28 bits per heavy atom. The molecule has 1 unspecified atom stereocenters. The van der Waals surface area contributed by atoms with E-state index in [1.807, 2.05) is 13.0 Å². The number of ether oxygens (including phenoxy) is 1. The van der Waals surface area contributed by atoms with Crippen molar-refractivity contribution in [1.82, 2.24) is 10.2 Å². The number of aryl methyl sites for hydroxylation is 1. The number of rotatable bonds is 7. The van der Waals surface area contributed by atoms with E-state index in [0.717, 1.165) is 31.4 Å². The maximum absolute atomic E-state index is 12.3. The molecule has 0 saturated carbocycles. The Labute approximate surface area is 147 Å². The van der Waals surface area contributed by atoms with Crippen LogP contribution < -0.4 is 5.32 Å². The molecule has 3 rings (SSSR count). The summed E-state index contributed by atoms with van der Waals surface area (Å²) in [6, 6.07) is 5.27. The first kappa shape index (κ1) is 17.6. The fourth-order valence-corrected chi connectivity index (χ4v) is 3.34. The highest BCUT2D eigenvalue weighted by molar-refractivity contribution is 6.21. The predicted octanol–water partition coefficient (Wildman–Crippen LogP) is 2.06. The first-order valence-electron chi connectivity index (χ1n) is 8.91. The number of nitrogens with one attached hydrogen (secondary N) is 1. The highest BCUT2D eigenvalue weighted by Gasteiger charge is 2.34. The van der Waals surface area contributed by atoms with Crippen molar-refractivity contribution < 1.29 is 19.1 Å². The number of nitrogens with zero attached hydrogens (tertiary/aromatic N) is 1. The summed E-state index contributed by atoms with van der Waals surface area (Å²) >= 11 is 0. The lowest BCUT2D eigenvalue weighted by atomic mass is 10.1. The van der Waals surface area contributed by atoms with E-state index < -0.39 is 0 Å². The van der Waals surface area contributed by atoms with Crippen LogP contribution in [0.1, 0.15) is 58.4 Å². The zero-order chi connectivity index (χ0) is 17.8. The number of fused-ring (bicyclic) bond motifs is 1. The summed E-state index contributed by atoms with van der Waals surface area (Å²) in [6.07, 6.45) is 4.03. The summed E-state index contributed by atoms with van der Waals surface area (Å²) in [5, 5.41) is 2.87. The number of carbonyl (C=O) groups is 3. The lowest BCUT2D eigenvalue weighted by molar-refractivity contribution is -0.121. The van der Waals surface area contributed by atoms with Gasteiger partial charge >= 0.3 is 0 Å². The van der Waals surface area contributed by atoms with Crippen LogP contribution in [0.5, 0.6) is 0 Å². The maximum atomic E-state index is 12.3. The van der Waals surface area contributed by atoms with Crippen LogP contribution in [-0.2, 0) is 9.53 Å². The Bertz CT molecular complexity index is 680. The molecule has 0 bridgehead atoms. The molecule has 0 spiro atoms. The standard InChI is InChI=1S/C19H24N2O4/c1-13-6-7-15-16(12-13)19(24)21(18(15)23)10-2-5-17(22)20-9-8-14-4-3-11-25-14/h6-7,12,14H,2-5,8-11H2,1H3,(H,20,22). The average molecular weight is 344 g/mol. The van der Waals surface area contributed by atoms with Gasteiger partial charge in [-0.2, -0.15) is 0 Å². The molecular weight excluding hydrogens is 320 g/mol. The summed E-state index contributed by atoms with van der Waals surface area (Å²) in [5.74, 6) is -0.577. The molecule has 2 aliphatic heterocycles. The van der Waals surface area contributed by atoms with Crippen LogP contribution in [0.2, 0.25) is 0 Å². The molecule has 0 aliphatic carbocycles. The van der Waals surface area contributed by atoms with Crippen molar-refractivity contribution in [2.24, 2.45) is 0 Å². The van der Waals surface area contributed by atoms with Gasteiger partial charge in [-0.1, -0.05) is 11.6 Å². The molecule has 3 amide bonds. The van der Waals surface area contributed by atoms with Crippen LogP contribution in [0.15, 0.2) is 18.2 Å². The molecule has 2 heterocycles. The molecule has 25 heavy (non-hydrogen) atoms. The number of imide groups is 1. The zero-order valence-electron chi connectivity index (χ0n) is 14.5. The molecule has 1 saturated heterocycles. The van der Waals surface area contributed by atoms with E-state index in [4.69, 9.17) is 4.74 Å². The van der Waals surface area contributed by atoms with Crippen molar-refractivity contribution >= 4 is 17.7 Å². The summed E-state index contributed by atoms with van der Waals surface area (Å²) in [7, 11) is 0. The van der Waals surface area contributed by atoms with Crippen LogP contribution >= 0.6 is 0 Å². The van der Waals surface area contributed by atoms with Gasteiger partial charge in [-0.15, -0.1) is 0 Å². The lowest BCUT2D eigenvalue weighted by Crippen LogP contribution is -2.32. The van der Waals surface area contributed by atoms with Gasteiger partial charge in [0.1, 0.15) is 0 Å². The molecule has 6 nitrogen and oxygen atoms in total. The minimum atomic E-state index is -0.265. The molecule has 0 radical (unpaired) electrons. The van der Waals surface area contributed by atoms with Crippen molar-refractivity contribution in [2.75, 3.05) is 19.7 Å². The summed E-state index contributed by atoms with van der Waals surface area (Å²) in [5.41, 5.74) is 1.87. The molecule has 134 valence electrons. The van der Waals surface area contributed by atoms with Crippen LogP contribution in [0.25, 0.3) is 0 Å². The van der Waals surface area contributed by atoms with E-state index in [-0.39, 0.29) is 30.4 Å². The van der Waals surface area contributed by atoms with E-state index in [0.29, 0.717) is 30.5 Å². The lowest BCUT2D eigenvalue weighted by Gasteiger charge is -2.14. The molecule has 6 heteroatoms. The van der Waals surface area contributed by atoms with Gasteiger partial charge in [0.15, 0.2) is 0 Å². The zero-order valence-corrected chi connectivity index (χ0v) is 14.5. The predicted molar refractivity (Wildman–Crippen MR) is 92.4 cm³/mol. The second-order valence-electron chi connectivity index (χ2n) is 6.69. The van der Waals surface area contributed by atoms with Crippen molar-refractivity contribution in [1.29, 1.82) is 0 Å². The highest BCUT2D eigenvalue weighted by Crippen LogP contribution is 2.24. The Balaban J connectivity index is 1.41. The number of benzene rings is 1. The molecule has 1 fully saturated rings. The van der Waals surface area contributed by atoms with Crippen molar-refractivity contribution in [2.45, 2.75) is 45.1 Å². The number of hydrogen-bond donors (Lipinski definition) is 1. The minimum absolute atomic E-state index is 0.0505. The van der Waals surface area contributed by atoms with Gasteiger partial charge < -0.3 is 10.1 Å². The van der Waals surface area contributed by atoms with Crippen molar-refractivity contribution in [3.05, 3.63) is 34.9 Å². The van der Waals surface area contributed by atoms with E-state index in [9.17, 15) is 14.4 Å². The van der Waals surface area contributed by atoms with E-state index in [1.54, 1.807) is 12.1 Å². The summed E-state index contributed by atoms with van der Waals surface area (Å²) < 4.78 is 5.51. The third-order valence-corrected chi connectivity index (χ3v) is 4.72. The van der Waals surface area contributed by atoms with Crippen LogP contribution in [-0.4, -0.2) is 48.4 Å². The van der Waals surface area contributed by atoms with E-state index >= 15 is 0 Å². The summed E-state index contributed by atoms with van der Waals surface area (Å²) in [6.45, 7) is 3.58. The molecule has 2 aliphatic rings. The van der Waals surface area contributed by atoms with Gasteiger partial charge in [0.05, 0.1) is 17.2 Å². The van der Waals surface area contributed by atoms with Gasteiger partial charge in [-0.05, 0) is 44.7 Å². The molecular formula is C19H24N2O4. The monoisotopic (exact) mass is 344 g/mol. The Morgan fingerprint density at radius 3 is 2.84 bits per heavy atom. The molecule has 1 aromatic carbocycles. The maximum Gasteiger partial charge on any atom is 0.261 e. The largest absolute Gasteiger partial charge is 0.378 e. The first-order valence-corrected chi connectivity index (χ1v) is 8.91. The number of carbonyl (C=O) groups excluding carboxylic acids is 3. The average Bonchev–Trinajstić information content (AvgIpc) is 3.18. The van der Waals surface area contributed by atoms with Gasteiger partial charge in [0.25, 0.3) is 11.8 Å². The Hall–Kier alpha value is -2.21. The highest BCUT2D eigenvalue weighted by atomic mass is 16.5. The molecule has 0 aromatic heterocycles. The topological polar surface area (TPSA) is 75.7 Å². The number of amides is 3. The van der Waals surface area contributed by atoms with Crippen molar-refractivity contribution in [3.63, 3.8) is 0 Å². The minimum Gasteiger partial charge on any atom is -0.378 e. The quantitative estimate of drug-likeness (QED) is 0.768. The normalized spacial score (nSPS) is 19.4. The second kappa shape index (κ2) is 7.78. The van der Waals surface area contributed by atoms with Crippen LogP contribution in [0.3, 0.4) is 0 Å². The second-order valence-corrected chi connectivity index (χ2v) is 6.69. The van der Waals surface area contributed by atoms with Gasteiger partial charge in [0, 0.05) is 26.1 Å². The van der Waals surface area contributed by atoms with Crippen LogP contribution in [0.4, 0.5) is 0 Å². The van der Waals surface area contributed by atoms with E-state index in [2.05, 4.69) is 5.32 Å². The fourth-order valence-electron chi connectivity index (χ4n) is 3.34. The van der Waals surface area contributed by atoms with Gasteiger partial charge in [0.2, 0.25) is 5.91 Å². The molecule has 1 aromatic rings. The first-order chi connectivity index (χ1) is 12.1. The molecule has 1 atom stereocenters. The van der Waals surface area contributed by atoms with Gasteiger partial charge in [-0.25, -0.2) is 0 Å².